The number of nitrogens with one attached hydrogen (secondary N) is 1. The lowest BCUT2D eigenvalue weighted by atomic mass is 9.82. The number of carbonyl (C=O) groups is 1. The first-order valence-electron chi connectivity index (χ1n) is 8.31. The number of anilines is 1. The van der Waals surface area contributed by atoms with Crippen LogP contribution in [-0.2, 0) is 6.42 Å². The zero-order valence-electron chi connectivity index (χ0n) is 13.7. The highest BCUT2D eigenvalue weighted by Gasteiger charge is 2.46. The number of aryl methyl sites for hydroxylation is 1. The molecule has 0 saturated carbocycles. The van der Waals surface area contributed by atoms with Crippen LogP contribution in [0.4, 0.5) is 5.69 Å². The Bertz CT molecular complexity index is 584. The van der Waals surface area contributed by atoms with Gasteiger partial charge in [-0.2, -0.15) is 0 Å². The molecule has 4 heteroatoms. The van der Waals surface area contributed by atoms with Crippen LogP contribution in [0.1, 0.15) is 43.1 Å². The second-order valence-corrected chi connectivity index (χ2v) is 7.10. The number of hydrogen-bond acceptors (Lipinski definition) is 3. The topological polar surface area (TPSA) is 52.6 Å². The van der Waals surface area contributed by atoms with Crippen LogP contribution in [0.15, 0.2) is 18.2 Å². The highest BCUT2D eigenvalue weighted by molar-refractivity contribution is 6.00. The standard InChI is InChI=1S/C18H26N2O2/c1-12(2)18(22)11-20(10-13(18)3)17(21)15-8-4-6-14-7-5-9-19-16(14)15/h4,6,8,12-13,19,22H,5,7,9-11H2,1-3H3. The number of para-hydroxylation sites is 1. The zero-order valence-corrected chi connectivity index (χ0v) is 13.7. The van der Waals surface area contributed by atoms with Crippen molar-refractivity contribution in [1.82, 2.24) is 4.90 Å². The van der Waals surface area contributed by atoms with Crippen molar-refractivity contribution in [3.63, 3.8) is 0 Å². The zero-order chi connectivity index (χ0) is 15.9. The third-order valence-corrected chi connectivity index (χ3v) is 5.38. The van der Waals surface area contributed by atoms with Crippen molar-refractivity contribution >= 4 is 11.6 Å². The third-order valence-electron chi connectivity index (χ3n) is 5.38. The van der Waals surface area contributed by atoms with E-state index in [9.17, 15) is 9.90 Å². The van der Waals surface area contributed by atoms with Gasteiger partial charge in [-0.25, -0.2) is 0 Å². The molecule has 1 aromatic rings. The minimum Gasteiger partial charge on any atom is -0.387 e. The Kier molecular flexibility index (Phi) is 3.89. The quantitative estimate of drug-likeness (QED) is 0.882. The SMILES string of the molecule is CC(C)C1(O)CN(C(=O)c2cccc3c2NCCC3)CC1C. The maximum Gasteiger partial charge on any atom is 0.256 e. The van der Waals surface area contributed by atoms with Gasteiger partial charge in [0.2, 0.25) is 0 Å². The van der Waals surface area contributed by atoms with Crippen LogP contribution < -0.4 is 5.32 Å². The van der Waals surface area contributed by atoms with Crippen molar-refractivity contribution in [3.8, 4) is 0 Å². The van der Waals surface area contributed by atoms with Crippen LogP contribution >= 0.6 is 0 Å². The number of amides is 1. The lowest BCUT2D eigenvalue weighted by Gasteiger charge is -2.31. The summed E-state index contributed by atoms with van der Waals surface area (Å²) in [5.74, 6) is 0.279. The van der Waals surface area contributed by atoms with Crippen LogP contribution in [0.25, 0.3) is 0 Å². The van der Waals surface area contributed by atoms with Gasteiger partial charge in [0.05, 0.1) is 23.4 Å². The van der Waals surface area contributed by atoms with E-state index in [1.54, 1.807) is 0 Å². The Morgan fingerprint density at radius 2 is 2.23 bits per heavy atom. The molecule has 0 aliphatic carbocycles. The van der Waals surface area contributed by atoms with Crippen molar-refractivity contribution in [1.29, 1.82) is 0 Å². The highest BCUT2D eigenvalue weighted by Crippen LogP contribution is 2.36. The van der Waals surface area contributed by atoms with Crippen LogP contribution in [0.3, 0.4) is 0 Å². The summed E-state index contributed by atoms with van der Waals surface area (Å²) in [5, 5.41) is 14.2. The maximum atomic E-state index is 12.9. The molecule has 2 N–H and O–H groups in total. The molecule has 3 rings (SSSR count). The van der Waals surface area contributed by atoms with Gasteiger partial charge in [-0.15, -0.1) is 0 Å². The molecular weight excluding hydrogens is 276 g/mol. The molecule has 120 valence electrons. The predicted molar refractivity (Wildman–Crippen MR) is 88.1 cm³/mol. The van der Waals surface area contributed by atoms with Crippen molar-refractivity contribution in [2.45, 2.75) is 39.2 Å². The number of rotatable bonds is 2. The van der Waals surface area contributed by atoms with Gasteiger partial charge in [0.15, 0.2) is 0 Å². The Balaban J connectivity index is 1.87. The molecule has 2 aliphatic heterocycles. The van der Waals surface area contributed by atoms with Gasteiger partial charge in [-0.1, -0.05) is 32.9 Å². The minimum atomic E-state index is -0.780. The molecule has 2 heterocycles. The molecule has 1 amide bonds. The van der Waals surface area contributed by atoms with Gasteiger partial charge in [-0.05, 0) is 30.4 Å². The van der Waals surface area contributed by atoms with Gasteiger partial charge >= 0.3 is 0 Å². The predicted octanol–water partition coefficient (Wildman–Crippen LogP) is 2.52. The number of β-amino-alcohol motifs (C(OH)–C–C–N with tert-alkyl or cyclic N) is 1. The Labute approximate surface area is 132 Å². The fraction of sp³-hybridized carbons (Fsp3) is 0.611. The van der Waals surface area contributed by atoms with E-state index in [0.29, 0.717) is 13.1 Å². The fourth-order valence-electron chi connectivity index (χ4n) is 3.78. The van der Waals surface area contributed by atoms with Gasteiger partial charge < -0.3 is 15.3 Å². The van der Waals surface area contributed by atoms with Crippen LogP contribution in [0.2, 0.25) is 0 Å². The average Bonchev–Trinajstić information content (AvgIpc) is 2.83. The van der Waals surface area contributed by atoms with E-state index in [0.717, 1.165) is 30.6 Å². The van der Waals surface area contributed by atoms with Gasteiger partial charge in [-0.3, -0.25) is 4.79 Å². The van der Waals surface area contributed by atoms with Crippen molar-refractivity contribution < 1.29 is 9.90 Å². The number of fused-ring (bicyclic) bond motifs is 1. The van der Waals surface area contributed by atoms with Gasteiger partial charge in [0.25, 0.3) is 5.91 Å². The fourth-order valence-corrected chi connectivity index (χ4v) is 3.78. The van der Waals surface area contributed by atoms with Gasteiger partial charge in [0.1, 0.15) is 0 Å². The molecular formula is C18H26N2O2. The highest BCUT2D eigenvalue weighted by atomic mass is 16.3. The minimum absolute atomic E-state index is 0.0367. The molecule has 1 aromatic carbocycles. The second kappa shape index (κ2) is 5.58. The first-order valence-corrected chi connectivity index (χ1v) is 8.31. The summed E-state index contributed by atoms with van der Waals surface area (Å²) in [7, 11) is 0. The molecule has 1 saturated heterocycles. The summed E-state index contributed by atoms with van der Waals surface area (Å²) in [6, 6.07) is 5.96. The maximum absolute atomic E-state index is 12.9. The summed E-state index contributed by atoms with van der Waals surface area (Å²) >= 11 is 0. The lowest BCUT2D eigenvalue weighted by Crippen LogP contribution is -2.43. The lowest BCUT2D eigenvalue weighted by molar-refractivity contribution is -0.0243. The summed E-state index contributed by atoms with van der Waals surface area (Å²) in [4.78, 5) is 14.8. The molecule has 0 radical (unpaired) electrons. The van der Waals surface area contributed by atoms with Crippen molar-refractivity contribution in [2.24, 2.45) is 11.8 Å². The molecule has 4 nitrogen and oxygen atoms in total. The number of benzene rings is 1. The first kappa shape index (κ1) is 15.3. The summed E-state index contributed by atoms with van der Waals surface area (Å²) in [6.07, 6.45) is 2.13. The number of carbonyl (C=O) groups excluding carboxylic acids is 1. The molecule has 2 unspecified atom stereocenters. The van der Waals surface area contributed by atoms with E-state index in [1.165, 1.54) is 5.56 Å². The summed E-state index contributed by atoms with van der Waals surface area (Å²) in [5.41, 5.74) is 2.19. The molecule has 0 spiro atoms. The number of likely N-dealkylation sites (tertiary alicyclic amines) is 1. The number of nitrogens with zero attached hydrogens (tertiary/aromatic N) is 1. The molecule has 1 fully saturated rings. The van der Waals surface area contributed by atoms with E-state index in [4.69, 9.17) is 0 Å². The second-order valence-electron chi connectivity index (χ2n) is 7.10. The van der Waals surface area contributed by atoms with Crippen LogP contribution in [-0.4, -0.2) is 41.1 Å². The van der Waals surface area contributed by atoms with Gasteiger partial charge in [0, 0.05) is 19.0 Å². The van der Waals surface area contributed by atoms with E-state index in [2.05, 4.69) is 11.4 Å². The number of hydrogen-bond donors (Lipinski definition) is 2. The largest absolute Gasteiger partial charge is 0.387 e. The Morgan fingerprint density at radius 3 is 2.91 bits per heavy atom. The smallest absolute Gasteiger partial charge is 0.256 e. The van der Waals surface area contributed by atoms with Crippen LogP contribution in [0.5, 0.6) is 0 Å². The molecule has 0 aromatic heterocycles. The number of aliphatic hydroxyl groups is 1. The Hall–Kier alpha value is -1.55. The third kappa shape index (κ3) is 2.39. The van der Waals surface area contributed by atoms with Crippen molar-refractivity contribution in [2.75, 3.05) is 25.0 Å². The first-order chi connectivity index (χ1) is 10.4. The van der Waals surface area contributed by atoms with Crippen LogP contribution in [0, 0.1) is 11.8 Å². The summed E-state index contributed by atoms with van der Waals surface area (Å²) in [6.45, 7) is 8.05. The normalized spacial score (nSPS) is 27.7. The molecule has 22 heavy (non-hydrogen) atoms. The summed E-state index contributed by atoms with van der Waals surface area (Å²) < 4.78 is 0. The van der Waals surface area contributed by atoms with E-state index in [1.807, 2.05) is 37.8 Å². The molecule has 2 aliphatic rings. The average molecular weight is 302 g/mol. The van der Waals surface area contributed by atoms with E-state index in [-0.39, 0.29) is 17.7 Å². The van der Waals surface area contributed by atoms with E-state index >= 15 is 0 Å². The van der Waals surface area contributed by atoms with Crippen molar-refractivity contribution in [3.05, 3.63) is 29.3 Å². The van der Waals surface area contributed by atoms with E-state index < -0.39 is 5.60 Å². The Morgan fingerprint density at radius 1 is 1.45 bits per heavy atom. The monoisotopic (exact) mass is 302 g/mol. The molecule has 2 atom stereocenters. The molecule has 0 bridgehead atoms.